The van der Waals surface area contributed by atoms with Gasteiger partial charge < -0.3 is 20.3 Å². The van der Waals surface area contributed by atoms with E-state index in [1.54, 1.807) is 23.3 Å². The maximum Gasteiger partial charge on any atom is 0.265 e. The molecule has 0 aliphatic carbocycles. The van der Waals surface area contributed by atoms with Crippen molar-refractivity contribution in [2.24, 2.45) is 4.99 Å². The summed E-state index contributed by atoms with van der Waals surface area (Å²) < 4.78 is 5.47. The predicted molar refractivity (Wildman–Crippen MR) is 106 cm³/mol. The summed E-state index contributed by atoms with van der Waals surface area (Å²) in [6.45, 7) is 2.34. The Morgan fingerprint density at radius 1 is 1.23 bits per heavy atom. The molecule has 7 heteroatoms. The van der Waals surface area contributed by atoms with Gasteiger partial charge in [-0.2, -0.15) is 0 Å². The van der Waals surface area contributed by atoms with Crippen LogP contribution in [0.3, 0.4) is 0 Å². The number of thiophene rings is 1. The second-order valence-electron chi connectivity index (χ2n) is 5.91. The molecule has 3 rings (SSSR count). The molecule has 0 radical (unpaired) electrons. The van der Waals surface area contributed by atoms with Gasteiger partial charge in [0.25, 0.3) is 5.91 Å². The molecule has 0 unspecified atom stereocenters. The van der Waals surface area contributed by atoms with E-state index >= 15 is 0 Å². The van der Waals surface area contributed by atoms with Crippen LogP contribution in [0.15, 0.2) is 46.8 Å². The number of guanidine groups is 1. The summed E-state index contributed by atoms with van der Waals surface area (Å²) in [6, 6.07) is 11.9. The van der Waals surface area contributed by atoms with Gasteiger partial charge in [-0.1, -0.05) is 18.2 Å². The van der Waals surface area contributed by atoms with Crippen molar-refractivity contribution in [1.29, 1.82) is 0 Å². The highest BCUT2D eigenvalue weighted by Crippen LogP contribution is 2.31. The Morgan fingerprint density at radius 3 is 2.88 bits per heavy atom. The Morgan fingerprint density at radius 2 is 2.08 bits per heavy atom. The summed E-state index contributed by atoms with van der Waals surface area (Å²) in [6.07, 6.45) is 1.81. The normalized spacial score (nSPS) is 14.0. The van der Waals surface area contributed by atoms with Gasteiger partial charge in [0.2, 0.25) is 0 Å². The minimum atomic E-state index is 0.00200. The Hall–Kier alpha value is -2.54. The minimum absolute atomic E-state index is 0.00200. The Bertz CT molecular complexity index is 746. The molecule has 1 amide bonds. The fourth-order valence-electron chi connectivity index (χ4n) is 2.82. The van der Waals surface area contributed by atoms with Crippen LogP contribution in [0.1, 0.15) is 11.3 Å². The van der Waals surface area contributed by atoms with Crippen LogP contribution < -0.4 is 20.3 Å². The first-order valence-electron chi connectivity index (χ1n) is 8.77. The average Bonchev–Trinajstić information content (AvgIpc) is 3.18. The third kappa shape index (κ3) is 4.76. The van der Waals surface area contributed by atoms with Crippen molar-refractivity contribution in [2.75, 3.05) is 38.2 Å². The standard InChI is InChI=1S/C19H24N4O2S/c1-20-19(22-11-9-15-6-4-13-26-15)21-10-5-12-23-16-7-2-3-8-17(16)25-14-18(23)24/h2-4,6-8,13H,5,9-12,14H2,1H3,(H2,20,21,22). The monoisotopic (exact) mass is 372 g/mol. The molecular formula is C19H24N4O2S. The SMILES string of the molecule is CN=C(NCCCN1C(=O)COc2ccccc21)NCCc1cccs1. The van der Waals surface area contributed by atoms with Gasteiger partial charge in [-0.05, 0) is 36.4 Å². The van der Waals surface area contributed by atoms with Crippen molar-refractivity contribution in [3.8, 4) is 5.75 Å². The number of hydrogen-bond donors (Lipinski definition) is 2. The van der Waals surface area contributed by atoms with Crippen molar-refractivity contribution in [1.82, 2.24) is 10.6 Å². The van der Waals surface area contributed by atoms with E-state index in [0.29, 0.717) is 6.54 Å². The molecule has 0 spiro atoms. The molecule has 1 aliphatic heterocycles. The van der Waals surface area contributed by atoms with E-state index in [0.717, 1.165) is 43.3 Å². The van der Waals surface area contributed by atoms with E-state index in [1.165, 1.54) is 4.88 Å². The van der Waals surface area contributed by atoms with E-state index in [9.17, 15) is 4.79 Å². The number of fused-ring (bicyclic) bond motifs is 1. The summed E-state index contributed by atoms with van der Waals surface area (Å²) in [5, 5.41) is 8.71. The molecule has 6 nitrogen and oxygen atoms in total. The molecule has 1 aliphatic rings. The smallest absolute Gasteiger partial charge is 0.265 e. The van der Waals surface area contributed by atoms with Crippen LogP contribution in [-0.4, -0.2) is 45.2 Å². The quantitative estimate of drug-likeness (QED) is 0.445. The van der Waals surface area contributed by atoms with Crippen molar-refractivity contribution in [3.05, 3.63) is 46.7 Å². The van der Waals surface area contributed by atoms with Gasteiger partial charge >= 0.3 is 0 Å². The van der Waals surface area contributed by atoms with Crippen LogP contribution in [0, 0.1) is 0 Å². The molecule has 0 saturated carbocycles. The number of hydrogen-bond acceptors (Lipinski definition) is 4. The van der Waals surface area contributed by atoms with Gasteiger partial charge in [-0.3, -0.25) is 9.79 Å². The number of anilines is 1. The molecular weight excluding hydrogens is 348 g/mol. The third-order valence-corrected chi connectivity index (χ3v) is 5.06. The predicted octanol–water partition coefficient (Wildman–Crippen LogP) is 2.27. The van der Waals surface area contributed by atoms with Crippen LogP contribution in [0.25, 0.3) is 0 Å². The van der Waals surface area contributed by atoms with Crippen LogP contribution in [0.2, 0.25) is 0 Å². The number of rotatable bonds is 7. The van der Waals surface area contributed by atoms with Crippen molar-refractivity contribution < 1.29 is 9.53 Å². The zero-order chi connectivity index (χ0) is 18.2. The molecule has 1 aromatic heterocycles. The summed E-state index contributed by atoms with van der Waals surface area (Å²) in [5.74, 6) is 1.56. The van der Waals surface area contributed by atoms with E-state index in [4.69, 9.17) is 4.74 Å². The first kappa shape index (κ1) is 18.3. The number of nitrogens with one attached hydrogen (secondary N) is 2. The maximum atomic E-state index is 12.1. The molecule has 2 aromatic rings. The molecule has 2 N–H and O–H groups in total. The zero-order valence-electron chi connectivity index (χ0n) is 14.9. The number of para-hydroxylation sites is 2. The highest BCUT2D eigenvalue weighted by atomic mass is 32.1. The van der Waals surface area contributed by atoms with Crippen molar-refractivity contribution in [3.63, 3.8) is 0 Å². The molecule has 0 saturated heterocycles. The summed E-state index contributed by atoms with van der Waals surface area (Å²) in [7, 11) is 1.77. The Balaban J connectivity index is 1.41. The van der Waals surface area contributed by atoms with E-state index < -0.39 is 0 Å². The highest BCUT2D eigenvalue weighted by Gasteiger charge is 2.24. The van der Waals surface area contributed by atoms with E-state index in [1.807, 2.05) is 24.3 Å². The second kappa shape index (κ2) is 9.24. The number of amides is 1. The lowest BCUT2D eigenvalue weighted by Crippen LogP contribution is -2.42. The Labute approximate surface area is 157 Å². The van der Waals surface area contributed by atoms with Crippen molar-refractivity contribution >= 4 is 28.9 Å². The summed E-state index contributed by atoms with van der Waals surface area (Å²) >= 11 is 1.77. The number of aliphatic imine (C=N–C) groups is 1. The molecule has 138 valence electrons. The topological polar surface area (TPSA) is 66.0 Å². The first-order chi connectivity index (χ1) is 12.8. The van der Waals surface area contributed by atoms with E-state index in [-0.39, 0.29) is 12.5 Å². The molecule has 26 heavy (non-hydrogen) atoms. The van der Waals surface area contributed by atoms with Gasteiger partial charge in [-0.15, -0.1) is 11.3 Å². The highest BCUT2D eigenvalue weighted by molar-refractivity contribution is 7.09. The van der Waals surface area contributed by atoms with Gasteiger partial charge in [-0.25, -0.2) is 0 Å². The largest absolute Gasteiger partial charge is 0.482 e. The lowest BCUT2D eigenvalue weighted by atomic mass is 10.2. The van der Waals surface area contributed by atoms with Crippen LogP contribution in [0.4, 0.5) is 5.69 Å². The first-order valence-corrected chi connectivity index (χ1v) is 9.65. The van der Waals surface area contributed by atoms with Gasteiger partial charge in [0.1, 0.15) is 5.75 Å². The van der Waals surface area contributed by atoms with E-state index in [2.05, 4.69) is 33.1 Å². The van der Waals surface area contributed by atoms with Gasteiger partial charge in [0.15, 0.2) is 12.6 Å². The van der Waals surface area contributed by atoms with Crippen LogP contribution in [-0.2, 0) is 11.2 Å². The van der Waals surface area contributed by atoms with Gasteiger partial charge in [0, 0.05) is 31.6 Å². The fourth-order valence-corrected chi connectivity index (χ4v) is 3.53. The number of carbonyl (C=O) groups excluding carboxylic acids is 1. The lowest BCUT2D eigenvalue weighted by Gasteiger charge is -2.29. The summed E-state index contributed by atoms with van der Waals surface area (Å²) in [4.78, 5) is 19.5. The summed E-state index contributed by atoms with van der Waals surface area (Å²) in [5.41, 5.74) is 0.849. The minimum Gasteiger partial charge on any atom is -0.482 e. The molecule has 2 heterocycles. The molecule has 0 atom stereocenters. The second-order valence-corrected chi connectivity index (χ2v) is 6.94. The molecule has 0 fully saturated rings. The Kier molecular flexibility index (Phi) is 6.49. The zero-order valence-corrected chi connectivity index (χ0v) is 15.7. The number of carbonyl (C=O) groups is 1. The van der Waals surface area contributed by atoms with Crippen molar-refractivity contribution in [2.45, 2.75) is 12.8 Å². The van der Waals surface area contributed by atoms with Crippen LogP contribution in [0.5, 0.6) is 5.75 Å². The third-order valence-electron chi connectivity index (χ3n) is 4.13. The lowest BCUT2D eigenvalue weighted by molar-refractivity contribution is -0.121. The maximum absolute atomic E-state index is 12.1. The number of benzene rings is 1. The number of ether oxygens (including phenoxy) is 1. The molecule has 0 bridgehead atoms. The molecule has 1 aromatic carbocycles. The number of nitrogens with zero attached hydrogens (tertiary/aromatic N) is 2. The van der Waals surface area contributed by atoms with Crippen LogP contribution >= 0.6 is 11.3 Å². The fraction of sp³-hybridized carbons (Fsp3) is 0.368. The average molecular weight is 372 g/mol. The van der Waals surface area contributed by atoms with Gasteiger partial charge in [0.05, 0.1) is 5.69 Å².